The summed E-state index contributed by atoms with van der Waals surface area (Å²) in [4.78, 5) is 36.3. The molecule has 0 unspecified atom stereocenters. The number of benzene rings is 1. The summed E-state index contributed by atoms with van der Waals surface area (Å²) in [7, 11) is 6.03. The van der Waals surface area contributed by atoms with Crippen LogP contribution in [-0.2, 0) is 30.5 Å². The Kier molecular flexibility index (Phi) is 5.40. The van der Waals surface area contributed by atoms with E-state index in [2.05, 4.69) is 5.32 Å². The summed E-state index contributed by atoms with van der Waals surface area (Å²) in [5.41, 5.74) is 0.942. The van der Waals surface area contributed by atoms with Crippen LogP contribution in [0.1, 0.15) is 24.5 Å². The monoisotopic (exact) mass is 431 g/mol. The molecule has 1 aromatic rings. The Labute approximate surface area is 179 Å². The topological polar surface area (TPSA) is 102 Å². The number of nitrogens with one attached hydrogen (secondary N) is 1. The highest BCUT2D eigenvalue weighted by atomic mass is 17.2. The van der Waals surface area contributed by atoms with Crippen molar-refractivity contribution in [3.05, 3.63) is 35.1 Å². The Balaban J connectivity index is 2.06. The van der Waals surface area contributed by atoms with Crippen LogP contribution in [0.25, 0.3) is 5.57 Å². The molecule has 0 saturated carbocycles. The third kappa shape index (κ3) is 3.16. The third-order valence-electron chi connectivity index (χ3n) is 5.87. The molecule has 1 amide bonds. The first-order valence-electron chi connectivity index (χ1n) is 9.87. The molecule has 0 radical (unpaired) electrons. The van der Waals surface area contributed by atoms with Gasteiger partial charge in [0.25, 0.3) is 0 Å². The molecule has 166 valence electrons. The maximum Gasteiger partial charge on any atom is 0.233 e. The lowest BCUT2D eigenvalue weighted by Gasteiger charge is -2.40. The number of carbonyl (C=O) groups is 2. The molecule has 1 N–H and O–H groups in total. The third-order valence-corrected chi connectivity index (χ3v) is 5.87. The maximum absolute atomic E-state index is 12.9. The number of fused-ring (bicyclic) bond motifs is 3. The number of amides is 1. The summed E-state index contributed by atoms with van der Waals surface area (Å²) >= 11 is 0. The number of hydrogen-bond acceptors (Lipinski definition) is 8. The minimum atomic E-state index is -1.31. The molecule has 0 saturated heterocycles. The zero-order valence-electron chi connectivity index (χ0n) is 18.1. The normalized spacial score (nSPS) is 26.4. The van der Waals surface area contributed by atoms with Crippen molar-refractivity contribution in [2.75, 3.05) is 28.4 Å². The number of methoxy groups -OCH3 is 4. The molecule has 1 spiro atoms. The fraction of sp³-hybridized carbons (Fsp3) is 0.455. The van der Waals surface area contributed by atoms with Gasteiger partial charge in [0.1, 0.15) is 0 Å². The van der Waals surface area contributed by atoms with Gasteiger partial charge in [-0.1, -0.05) is 0 Å². The number of ketones is 1. The van der Waals surface area contributed by atoms with Crippen molar-refractivity contribution < 1.29 is 38.3 Å². The smallest absolute Gasteiger partial charge is 0.233 e. The average Bonchev–Trinajstić information content (AvgIpc) is 3.05. The predicted octanol–water partition coefficient (Wildman–Crippen LogP) is 1.73. The van der Waals surface area contributed by atoms with Gasteiger partial charge >= 0.3 is 0 Å². The minimum Gasteiger partial charge on any atom is -0.493 e. The molecular weight excluding hydrogens is 406 g/mol. The molecule has 2 aliphatic heterocycles. The van der Waals surface area contributed by atoms with E-state index in [0.717, 1.165) is 5.56 Å². The van der Waals surface area contributed by atoms with E-state index in [4.69, 9.17) is 28.7 Å². The van der Waals surface area contributed by atoms with Crippen molar-refractivity contribution in [3.8, 4) is 17.2 Å². The Hall–Kier alpha value is -3.04. The molecule has 2 aliphatic carbocycles. The quantitative estimate of drug-likeness (QED) is 0.704. The van der Waals surface area contributed by atoms with Crippen molar-refractivity contribution in [1.82, 2.24) is 5.32 Å². The molecule has 9 nitrogen and oxygen atoms in total. The van der Waals surface area contributed by atoms with E-state index in [1.54, 1.807) is 19.3 Å². The van der Waals surface area contributed by atoms with Crippen molar-refractivity contribution in [3.63, 3.8) is 0 Å². The number of carbonyl (C=O) groups excluding carboxylic acids is 2. The first-order valence-corrected chi connectivity index (χ1v) is 9.87. The van der Waals surface area contributed by atoms with E-state index in [9.17, 15) is 9.59 Å². The first-order chi connectivity index (χ1) is 14.9. The van der Waals surface area contributed by atoms with Gasteiger partial charge in [0.15, 0.2) is 29.0 Å². The van der Waals surface area contributed by atoms with E-state index >= 15 is 0 Å². The lowest BCUT2D eigenvalue weighted by Crippen LogP contribution is -2.54. The van der Waals surface area contributed by atoms with E-state index in [-0.39, 0.29) is 17.4 Å². The van der Waals surface area contributed by atoms with Gasteiger partial charge < -0.3 is 24.3 Å². The highest BCUT2D eigenvalue weighted by Gasteiger charge is 2.54. The number of Topliss-reactive ketones (excluding diaryl/α,β-unsaturated/α-hetero) is 1. The van der Waals surface area contributed by atoms with Crippen molar-refractivity contribution >= 4 is 17.3 Å². The van der Waals surface area contributed by atoms with Crippen LogP contribution in [0, 0.1) is 0 Å². The van der Waals surface area contributed by atoms with Gasteiger partial charge in [-0.05, 0) is 30.5 Å². The molecule has 4 aliphatic rings. The summed E-state index contributed by atoms with van der Waals surface area (Å²) < 4.78 is 22.2. The van der Waals surface area contributed by atoms with Crippen LogP contribution < -0.4 is 19.5 Å². The molecule has 0 fully saturated rings. The predicted molar refractivity (Wildman–Crippen MR) is 109 cm³/mol. The minimum absolute atomic E-state index is 0.104. The second kappa shape index (κ2) is 7.90. The van der Waals surface area contributed by atoms with E-state index in [1.165, 1.54) is 28.3 Å². The summed E-state index contributed by atoms with van der Waals surface area (Å²) in [5.74, 6) is 0.879. The lowest BCUT2D eigenvalue weighted by atomic mass is 9.81. The zero-order valence-corrected chi connectivity index (χ0v) is 18.1. The molecule has 31 heavy (non-hydrogen) atoms. The SMILES string of the molecule is COC1=C[C@@]23OO[C@H](C=C2c2c(cc(OC)c(OC)c2OC)CC[C@@H]3NC(C)=O)C1=O. The fourth-order valence-corrected chi connectivity index (χ4v) is 4.54. The highest BCUT2D eigenvalue weighted by Crippen LogP contribution is 2.53. The largest absolute Gasteiger partial charge is 0.493 e. The van der Waals surface area contributed by atoms with Gasteiger partial charge in [-0.15, -0.1) is 0 Å². The van der Waals surface area contributed by atoms with Crippen LogP contribution >= 0.6 is 0 Å². The van der Waals surface area contributed by atoms with Crippen LogP contribution in [-0.4, -0.2) is 57.9 Å². The van der Waals surface area contributed by atoms with Crippen molar-refractivity contribution in [1.29, 1.82) is 0 Å². The van der Waals surface area contributed by atoms with Crippen LogP contribution in [0.5, 0.6) is 17.2 Å². The fourth-order valence-electron chi connectivity index (χ4n) is 4.54. The standard InChI is InChI=1S/C22H25NO8/c1-11(24)23-17-7-6-12-8-15(26-2)20(28-4)21(29-5)18(12)13-9-14-19(25)16(27-3)10-22(13,17)31-30-14/h8-10,14,17H,6-7H2,1-5H3,(H,23,24)/t14-,17+,22-/m1/s1. The molecule has 3 atom stereocenters. The van der Waals surface area contributed by atoms with Crippen LogP contribution in [0.15, 0.2) is 24.0 Å². The Morgan fingerprint density at radius 3 is 2.48 bits per heavy atom. The van der Waals surface area contributed by atoms with Crippen LogP contribution in [0.3, 0.4) is 0 Å². The Bertz CT molecular complexity index is 998. The van der Waals surface area contributed by atoms with E-state index in [0.29, 0.717) is 41.2 Å². The maximum atomic E-state index is 12.9. The summed E-state index contributed by atoms with van der Waals surface area (Å²) in [6.07, 6.45) is 3.35. The van der Waals surface area contributed by atoms with E-state index < -0.39 is 17.7 Å². The van der Waals surface area contributed by atoms with Gasteiger partial charge in [-0.2, -0.15) is 0 Å². The van der Waals surface area contributed by atoms with Gasteiger partial charge in [0.05, 0.1) is 34.5 Å². The van der Waals surface area contributed by atoms with Gasteiger partial charge in [-0.3, -0.25) is 9.59 Å². The van der Waals surface area contributed by atoms with Crippen LogP contribution in [0.4, 0.5) is 0 Å². The number of hydrogen-bond donors (Lipinski definition) is 1. The highest BCUT2D eigenvalue weighted by molar-refractivity contribution is 6.03. The van der Waals surface area contributed by atoms with Gasteiger partial charge in [0.2, 0.25) is 17.4 Å². The molecule has 9 heteroatoms. The van der Waals surface area contributed by atoms with Crippen LogP contribution in [0.2, 0.25) is 0 Å². The van der Waals surface area contributed by atoms with Gasteiger partial charge in [0, 0.05) is 24.1 Å². The molecule has 2 bridgehead atoms. The first kappa shape index (κ1) is 21.2. The second-order valence-electron chi connectivity index (χ2n) is 7.52. The average molecular weight is 431 g/mol. The molecule has 5 rings (SSSR count). The Morgan fingerprint density at radius 2 is 1.87 bits per heavy atom. The van der Waals surface area contributed by atoms with Gasteiger partial charge in [-0.25, -0.2) is 9.78 Å². The molecule has 1 aromatic carbocycles. The van der Waals surface area contributed by atoms with Crippen molar-refractivity contribution in [2.45, 2.75) is 37.5 Å². The summed E-state index contributed by atoms with van der Waals surface area (Å²) in [5, 5.41) is 2.95. The van der Waals surface area contributed by atoms with E-state index in [1.807, 2.05) is 6.07 Å². The molecule has 2 heterocycles. The summed E-state index contributed by atoms with van der Waals surface area (Å²) in [6, 6.07) is 1.34. The Morgan fingerprint density at radius 1 is 1.13 bits per heavy atom. The second-order valence-corrected chi connectivity index (χ2v) is 7.52. The van der Waals surface area contributed by atoms with Crippen molar-refractivity contribution in [2.24, 2.45) is 0 Å². The molecule has 0 aromatic heterocycles. The number of aryl methyl sites for hydroxylation is 1. The lowest BCUT2D eigenvalue weighted by molar-refractivity contribution is -0.351. The molecular formula is C22H25NO8. The number of rotatable bonds is 5. The zero-order chi connectivity index (χ0) is 22.3. The summed E-state index contributed by atoms with van der Waals surface area (Å²) in [6.45, 7) is 1.43. The number of ether oxygens (including phenoxy) is 4.